The number of hydrogen-bond donors (Lipinski definition) is 3. The number of carbonyl (C=O) groups excluding carboxylic acids is 1. The van der Waals surface area contributed by atoms with E-state index in [4.69, 9.17) is 19.1 Å². The maximum Gasteiger partial charge on any atom is 0.246 e. The highest BCUT2D eigenvalue weighted by Crippen LogP contribution is 2.35. The number of fused-ring (bicyclic) bond motifs is 2. The number of carbonyl (C=O) groups is 1. The normalized spacial score (nSPS) is 10.8. The van der Waals surface area contributed by atoms with E-state index in [2.05, 4.69) is 15.3 Å². The molecule has 0 saturated carbocycles. The molecular weight excluding hydrogens is 376 g/mol. The molecule has 0 aliphatic heterocycles. The summed E-state index contributed by atoms with van der Waals surface area (Å²) in [5, 5.41) is 13.6. The van der Waals surface area contributed by atoms with Crippen LogP contribution < -0.4 is 20.3 Å². The lowest BCUT2D eigenvalue weighted by Gasteiger charge is -2.13. The summed E-state index contributed by atoms with van der Waals surface area (Å²) in [6.07, 6.45) is 3.10. The number of nitrogens with one attached hydrogen (secondary N) is 2. The lowest BCUT2D eigenvalue weighted by molar-refractivity contribution is -0.129. The highest BCUT2D eigenvalue weighted by Gasteiger charge is 2.13. The Morgan fingerprint density at radius 1 is 1.17 bits per heavy atom. The van der Waals surface area contributed by atoms with Gasteiger partial charge in [0.1, 0.15) is 17.7 Å². The number of aromatic nitrogens is 2. The second-order valence-corrected chi connectivity index (χ2v) is 6.17. The summed E-state index contributed by atoms with van der Waals surface area (Å²) in [5.41, 5.74) is 3.87. The van der Waals surface area contributed by atoms with Crippen LogP contribution in [-0.2, 0) is 4.79 Å². The highest BCUT2D eigenvalue weighted by molar-refractivity contribution is 5.94. The van der Waals surface area contributed by atoms with Crippen molar-refractivity contribution in [1.29, 1.82) is 0 Å². The smallest absolute Gasteiger partial charge is 0.246 e. The molecule has 2 aromatic carbocycles. The maximum atomic E-state index is 11.1. The van der Waals surface area contributed by atoms with Crippen LogP contribution in [0.15, 0.2) is 53.4 Å². The SMILES string of the molecule is COc1cc2c(Nc3ccc4occc4c3)ncnc2cc1OCCC(=O)NO. The lowest BCUT2D eigenvalue weighted by atomic mass is 10.2. The van der Waals surface area contributed by atoms with Crippen molar-refractivity contribution in [3.8, 4) is 11.5 Å². The van der Waals surface area contributed by atoms with E-state index in [0.29, 0.717) is 22.8 Å². The Balaban J connectivity index is 1.63. The summed E-state index contributed by atoms with van der Waals surface area (Å²) in [5.74, 6) is 0.996. The first-order chi connectivity index (χ1) is 14.2. The number of amides is 1. The number of nitrogens with zero attached hydrogens (tertiary/aromatic N) is 2. The Labute approximate surface area is 165 Å². The molecule has 0 radical (unpaired) electrons. The molecule has 0 atom stereocenters. The third-order valence-electron chi connectivity index (χ3n) is 4.35. The van der Waals surface area contributed by atoms with Gasteiger partial charge >= 0.3 is 0 Å². The largest absolute Gasteiger partial charge is 0.493 e. The average Bonchev–Trinajstić information content (AvgIpc) is 3.21. The first-order valence-corrected chi connectivity index (χ1v) is 8.80. The van der Waals surface area contributed by atoms with E-state index in [9.17, 15) is 4.79 Å². The van der Waals surface area contributed by atoms with Crippen LogP contribution in [0.25, 0.3) is 21.9 Å². The van der Waals surface area contributed by atoms with Crippen molar-refractivity contribution in [3.63, 3.8) is 0 Å². The molecule has 0 aliphatic carbocycles. The number of rotatable bonds is 7. The standard InChI is InChI=1S/C20H18N4O5/c1-27-17-9-14-15(10-18(17)29-7-5-19(25)24-26)21-11-22-20(14)23-13-2-3-16-12(8-13)4-6-28-16/h2-4,6,8-11,26H,5,7H2,1H3,(H,24,25)(H,21,22,23). The van der Waals surface area contributed by atoms with Crippen molar-refractivity contribution in [2.45, 2.75) is 6.42 Å². The summed E-state index contributed by atoms with van der Waals surface area (Å²) in [6, 6.07) is 11.1. The Kier molecular flexibility index (Phi) is 5.12. The minimum atomic E-state index is -0.534. The minimum Gasteiger partial charge on any atom is -0.493 e. The Bertz CT molecular complexity index is 1170. The van der Waals surface area contributed by atoms with Crippen molar-refractivity contribution in [3.05, 3.63) is 49.0 Å². The van der Waals surface area contributed by atoms with Gasteiger partial charge in [-0.1, -0.05) is 0 Å². The second-order valence-electron chi connectivity index (χ2n) is 6.17. The van der Waals surface area contributed by atoms with Gasteiger partial charge in [-0.3, -0.25) is 10.0 Å². The molecule has 148 valence electrons. The van der Waals surface area contributed by atoms with E-state index in [-0.39, 0.29) is 13.0 Å². The molecule has 1 amide bonds. The van der Waals surface area contributed by atoms with Gasteiger partial charge in [-0.25, -0.2) is 15.4 Å². The number of hydroxylamine groups is 1. The first kappa shape index (κ1) is 18.5. The van der Waals surface area contributed by atoms with Crippen molar-refractivity contribution in [2.24, 2.45) is 0 Å². The molecule has 2 heterocycles. The predicted molar refractivity (Wildman–Crippen MR) is 106 cm³/mol. The molecular formula is C20H18N4O5. The number of methoxy groups -OCH3 is 1. The Morgan fingerprint density at radius 3 is 2.90 bits per heavy atom. The lowest BCUT2D eigenvalue weighted by Crippen LogP contribution is -2.20. The fourth-order valence-electron chi connectivity index (χ4n) is 2.93. The summed E-state index contributed by atoms with van der Waals surface area (Å²) >= 11 is 0. The highest BCUT2D eigenvalue weighted by atomic mass is 16.5. The third-order valence-corrected chi connectivity index (χ3v) is 4.35. The van der Waals surface area contributed by atoms with Gasteiger partial charge in [0.15, 0.2) is 11.5 Å². The zero-order chi connectivity index (χ0) is 20.2. The summed E-state index contributed by atoms with van der Waals surface area (Å²) in [4.78, 5) is 19.8. The van der Waals surface area contributed by atoms with Crippen LogP contribution in [0.1, 0.15) is 6.42 Å². The van der Waals surface area contributed by atoms with E-state index in [1.807, 2.05) is 24.3 Å². The van der Waals surface area contributed by atoms with E-state index in [0.717, 1.165) is 22.0 Å². The predicted octanol–water partition coefficient (Wildman–Crippen LogP) is 3.40. The summed E-state index contributed by atoms with van der Waals surface area (Å²) in [7, 11) is 1.53. The number of hydrogen-bond acceptors (Lipinski definition) is 8. The van der Waals surface area contributed by atoms with Crippen LogP contribution in [0.4, 0.5) is 11.5 Å². The second kappa shape index (κ2) is 8.03. The molecule has 0 spiro atoms. The van der Waals surface area contributed by atoms with Gasteiger partial charge in [-0.2, -0.15) is 0 Å². The van der Waals surface area contributed by atoms with E-state index in [1.165, 1.54) is 13.4 Å². The molecule has 0 unspecified atom stereocenters. The molecule has 3 N–H and O–H groups in total. The van der Waals surface area contributed by atoms with E-state index in [1.54, 1.807) is 23.9 Å². The maximum absolute atomic E-state index is 11.1. The van der Waals surface area contributed by atoms with Gasteiger partial charge in [0.05, 0.1) is 31.9 Å². The van der Waals surface area contributed by atoms with Crippen LogP contribution in [-0.4, -0.2) is 34.8 Å². The number of anilines is 2. The fourth-order valence-corrected chi connectivity index (χ4v) is 2.93. The molecule has 9 heteroatoms. The number of furan rings is 1. The van der Waals surface area contributed by atoms with Crippen LogP contribution in [0, 0.1) is 0 Å². The van der Waals surface area contributed by atoms with Crippen LogP contribution in [0.5, 0.6) is 11.5 Å². The van der Waals surface area contributed by atoms with E-state index >= 15 is 0 Å². The molecule has 0 aliphatic rings. The zero-order valence-electron chi connectivity index (χ0n) is 15.5. The molecule has 4 rings (SSSR count). The van der Waals surface area contributed by atoms with E-state index < -0.39 is 5.91 Å². The number of benzene rings is 2. The molecule has 9 nitrogen and oxygen atoms in total. The average molecular weight is 394 g/mol. The monoisotopic (exact) mass is 394 g/mol. The summed E-state index contributed by atoms with van der Waals surface area (Å²) in [6.45, 7) is 0.0785. The van der Waals surface area contributed by atoms with Gasteiger partial charge in [-0.15, -0.1) is 0 Å². The molecule has 0 bridgehead atoms. The van der Waals surface area contributed by atoms with Gasteiger partial charge in [0, 0.05) is 22.5 Å². The van der Waals surface area contributed by atoms with Gasteiger partial charge in [0.2, 0.25) is 5.91 Å². The van der Waals surface area contributed by atoms with Crippen molar-refractivity contribution in [2.75, 3.05) is 19.0 Å². The topological polar surface area (TPSA) is 119 Å². The Hall–Kier alpha value is -3.85. The van der Waals surface area contributed by atoms with Crippen molar-refractivity contribution in [1.82, 2.24) is 15.4 Å². The molecule has 0 saturated heterocycles. The van der Waals surface area contributed by atoms with Crippen molar-refractivity contribution < 1.29 is 23.9 Å². The molecule has 29 heavy (non-hydrogen) atoms. The van der Waals surface area contributed by atoms with Gasteiger partial charge in [-0.05, 0) is 30.3 Å². The fraction of sp³-hybridized carbons (Fsp3) is 0.150. The van der Waals surface area contributed by atoms with Crippen LogP contribution in [0.3, 0.4) is 0 Å². The number of ether oxygens (including phenoxy) is 2. The first-order valence-electron chi connectivity index (χ1n) is 8.80. The molecule has 4 aromatic rings. The minimum absolute atomic E-state index is 0.00472. The molecule has 0 fully saturated rings. The third kappa shape index (κ3) is 3.90. The van der Waals surface area contributed by atoms with Gasteiger partial charge < -0.3 is 19.2 Å². The van der Waals surface area contributed by atoms with Gasteiger partial charge in [0.25, 0.3) is 0 Å². The van der Waals surface area contributed by atoms with Crippen LogP contribution in [0.2, 0.25) is 0 Å². The Morgan fingerprint density at radius 2 is 2.07 bits per heavy atom. The van der Waals surface area contributed by atoms with Crippen molar-refractivity contribution >= 4 is 39.3 Å². The van der Waals surface area contributed by atoms with Crippen LogP contribution >= 0.6 is 0 Å². The zero-order valence-corrected chi connectivity index (χ0v) is 15.5. The quantitative estimate of drug-likeness (QED) is 0.322. The summed E-state index contributed by atoms with van der Waals surface area (Å²) < 4.78 is 16.4. The molecule has 2 aromatic heterocycles.